The van der Waals surface area contributed by atoms with E-state index in [0.717, 1.165) is 22.6 Å². The summed E-state index contributed by atoms with van der Waals surface area (Å²) < 4.78 is 13.0. The molecule has 0 aliphatic rings. The van der Waals surface area contributed by atoms with Crippen LogP contribution in [0.5, 0.6) is 0 Å². The first-order valence-electron chi connectivity index (χ1n) is 6.53. The Morgan fingerprint density at radius 2 is 1.90 bits per heavy atom. The maximum atomic E-state index is 6.12. The van der Waals surface area contributed by atoms with Gasteiger partial charge in [-0.25, -0.2) is 4.98 Å². The normalized spacial score (nSPS) is 11.3. The Hall–Kier alpha value is -2.46. The zero-order chi connectivity index (χ0) is 14.2. The molecular formula is C16H11ClN2O2. The van der Waals surface area contributed by atoms with Gasteiger partial charge in [-0.2, -0.15) is 0 Å². The summed E-state index contributed by atoms with van der Waals surface area (Å²) in [6.07, 6.45) is 3.30. The van der Waals surface area contributed by atoms with Gasteiger partial charge in [0.15, 0.2) is 11.6 Å². The van der Waals surface area contributed by atoms with Gasteiger partial charge in [-0.05, 0) is 42.5 Å². The monoisotopic (exact) mass is 298 g/mol. The molecule has 0 amide bonds. The van der Waals surface area contributed by atoms with E-state index in [-0.39, 0.29) is 0 Å². The predicted octanol–water partition coefficient (Wildman–Crippen LogP) is 4.59. The van der Waals surface area contributed by atoms with Crippen molar-refractivity contribution in [2.75, 3.05) is 0 Å². The van der Waals surface area contributed by atoms with E-state index in [1.54, 1.807) is 12.5 Å². The van der Waals surface area contributed by atoms with Gasteiger partial charge in [-0.15, -0.1) is 0 Å². The molecule has 104 valence electrons. The summed E-state index contributed by atoms with van der Waals surface area (Å²) in [4.78, 5) is 4.65. The molecule has 3 aromatic heterocycles. The third-order valence-electron chi connectivity index (χ3n) is 3.35. The van der Waals surface area contributed by atoms with Crippen LogP contribution in [0.25, 0.3) is 22.6 Å². The lowest BCUT2D eigenvalue weighted by atomic mass is 10.3. The van der Waals surface area contributed by atoms with Gasteiger partial charge in [0.05, 0.1) is 30.1 Å². The van der Waals surface area contributed by atoms with E-state index in [9.17, 15) is 0 Å². The largest absolute Gasteiger partial charge is 0.467 e. The van der Waals surface area contributed by atoms with Crippen LogP contribution in [0.3, 0.4) is 0 Å². The van der Waals surface area contributed by atoms with Crippen molar-refractivity contribution in [2.45, 2.75) is 6.54 Å². The van der Waals surface area contributed by atoms with Gasteiger partial charge in [0, 0.05) is 5.02 Å². The fraction of sp³-hybridized carbons (Fsp3) is 0.0625. The molecule has 0 atom stereocenters. The van der Waals surface area contributed by atoms with E-state index < -0.39 is 0 Å². The Kier molecular flexibility index (Phi) is 2.82. The fourth-order valence-electron chi connectivity index (χ4n) is 2.41. The van der Waals surface area contributed by atoms with E-state index in [1.165, 1.54) is 0 Å². The molecule has 0 radical (unpaired) electrons. The van der Waals surface area contributed by atoms with Gasteiger partial charge < -0.3 is 13.4 Å². The summed E-state index contributed by atoms with van der Waals surface area (Å²) in [5.41, 5.74) is 1.82. The number of halogens is 1. The van der Waals surface area contributed by atoms with Gasteiger partial charge in [-0.3, -0.25) is 0 Å². The van der Waals surface area contributed by atoms with Crippen LogP contribution in [-0.2, 0) is 6.54 Å². The summed E-state index contributed by atoms with van der Waals surface area (Å²) in [7, 11) is 0. The van der Waals surface area contributed by atoms with Gasteiger partial charge in [0.1, 0.15) is 5.76 Å². The summed E-state index contributed by atoms with van der Waals surface area (Å²) >= 11 is 6.12. The van der Waals surface area contributed by atoms with E-state index in [4.69, 9.17) is 20.4 Å². The molecule has 0 unspecified atom stereocenters. The molecule has 0 bridgehead atoms. The number of imidazole rings is 1. The second-order valence-corrected chi connectivity index (χ2v) is 5.15. The van der Waals surface area contributed by atoms with E-state index >= 15 is 0 Å². The molecule has 0 N–H and O–H groups in total. The molecule has 21 heavy (non-hydrogen) atoms. The lowest BCUT2D eigenvalue weighted by molar-refractivity contribution is 0.494. The highest BCUT2D eigenvalue weighted by Crippen LogP contribution is 2.28. The smallest absolute Gasteiger partial charge is 0.177 e. The molecule has 0 fully saturated rings. The van der Waals surface area contributed by atoms with Gasteiger partial charge >= 0.3 is 0 Å². The van der Waals surface area contributed by atoms with Crippen molar-refractivity contribution in [3.63, 3.8) is 0 Å². The first kappa shape index (κ1) is 12.3. The first-order chi connectivity index (χ1) is 10.3. The van der Waals surface area contributed by atoms with Crippen molar-refractivity contribution >= 4 is 22.6 Å². The average Bonchev–Trinajstić information content (AvgIpc) is 3.20. The lowest BCUT2D eigenvalue weighted by Crippen LogP contribution is -2.00. The van der Waals surface area contributed by atoms with Crippen LogP contribution in [0.1, 0.15) is 5.76 Å². The van der Waals surface area contributed by atoms with Crippen molar-refractivity contribution in [3.05, 3.63) is 65.8 Å². The van der Waals surface area contributed by atoms with E-state index in [1.807, 2.05) is 47.0 Å². The second kappa shape index (κ2) is 4.82. The van der Waals surface area contributed by atoms with Crippen LogP contribution >= 0.6 is 11.6 Å². The number of benzene rings is 1. The van der Waals surface area contributed by atoms with Crippen LogP contribution in [0.2, 0.25) is 5.02 Å². The molecule has 4 nitrogen and oxygen atoms in total. The van der Waals surface area contributed by atoms with Crippen LogP contribution < -0.4 is 0 Å². The molecule has 5 heteroatoms. The molecule has 0 saturated heterocycles. The molecule has 4 rings (SSSR count). The molecule has 0 aliphatic heterocycles. The standard InChI is InChI=1S/C16H11ClN2O2/c17-11-5-6-13-14(9-11)19(10-12-3-1-7-20-12)16(18-13)15-4-2-8-21-15/h1-9H,10H2. The third-order valence-corrected chi connectivity index (χ3v) is 3.58. The second-order valence-electron chi connectivity index (χ2n) is 4.71. The minimum atomic E-state index is 0.569. The molecule has 0 aliphatic carbocycles. The zero-order valence-electron chi connectivity index (χ0n) is 11.0. The number of hydrogen-bond acceptors (Lipinski definition) is 3. The highest BCUT2D eigenvalue weighted by molar-refractivity contribution is 6.31. The molecule has 0 spiro atoms. The van der Waals surface area contributed by atoms with Gasteiger partial charge in [-0.1, -0.05) is 11.6 Å². The van der Waals surface area contributed by atoms with Crippen molar-refractivity contribution in [2.24, 2.45) is 0 Å². The van der Waals surface area contributed by atoms with Gasteiger partial charge in [0.25, 0.3) is 0 Å². The van der Waals surface area contributed by atoms with E-state index in [0.29, 0.717) is 17.3 Å². The van der Waals surface area contributed by atoms with Crippen LogP contribution in [0.15, 0.2) is 63.8 Å². The Bertz CT molecular complexity index is 877. The Morgan fingerprint density at radius 1 is 1.05 bits per heavy atom. The predicted molar refractivity (Wildman–Crippen MR) is 80.3 cm³/mol. The number of aromatic nitrogens is 2. The first-order valence-corrected chi connectivity index (χ1v) is 6.91. The Morgan fingerprint density at radius 3 is 2.67 bits per heavy atom. The maximum absolute atomic E-state index is 6.12. The van der Waals surface area contributed by atoms with Crippen molar-refractivity contribution in [1.29, 1.82) is 0 Å². The van der Waals surface area contributed by atoms with Crippen molar-refractivity contribution in [1.82, 2.24) is 9.55 Å². The summed E-state index contributed by atoms with van der Waals surface area (Å²) in [5.74, 6) is 2.32. The molecular weight excluding hydrogens is 288 g/mol. The Balaban J connectivity index is 1.95. The number of hydrogen-bond donors (Lipinski definition) is 0. The summed E-state index contributed by atoms with van der Waals surface area (Å²) in [5, 5.41) is 0.675. The third kappa shape index (κ3) is 2.14. The number of fused-ring (bicyclic) bond motifs is 1. The van der Waals surface area contributed by atoms with Crippen LogP contribution in [0, 0.1) is 0 Å². The van der Waals surface area contributed by atoms with Crippen molar-refractivity contribution in [3.8, 4) is 11.6 Å². The molecule has 1 aromatic carbocycles. The number of furan rings is 2. The Labute approximate surface area is 125 Å². The summed E-state index contributed by atoms with van der Waals surface area (Å²) in [6, 6.07) is 13.2. The highest BCUT2D eigenvalue weighted by Gasteiger charge is 2.16. The maximum Gasteiger partial charge on any atom is 0.177 e. The molecule has 4 aromatic rings. The number of nitrogens with zero attached hydrogens (tertiary/aromatic N) is 2. The SMILES string of the molecule is Clc1ccc2nc(-c3ccco3)n(Cc3ccco3)c2c1. The van der Waals surface area contributed by atoms with Gasteiger partial charge in [0.2, 0.25) is 0 Å². The van der Waals surface area contributed by atoms with Crippen LogP contribution in [0.4, 0.5) is 0 Å². The van der Waals surface area contributed by atoms with E-state index in [2.05, 4.69) is 4.98 Å². The van der Waals surface area contributed by atoms with Crippen LogP contribution in [-0.4, -0.2) is 9.55 Å². The average molecular weight is 299 g/mol. The molecule has 3 heterocycles. The summed E-state index contributed by atoms with van der Waals surface area (Å²) in [6.45, 7) is 0.569. The van der Waals surface area contributed by atoms with Crippen molar-refractivity contribution < 1.29 is 8.83 Å². The quantitative estimate of drug-likeness (QED) is 0.555. The fourth-order valence-corrected chi connectivity index (χ4v) is 2.57. The minimum Gasteiger partial charge on any atom is -0.467 e. The zero-order valence-corrected chi connectivity index (χ0v) is 11.7. The number of rotatable bonds is 3. The topological polar surface area (TPSA) is 44.1 Å². The lowest BCUT2D eigenvalue weighted by Gasteiger charge is -2.06. The highest BCUT2D eigenvalue weighted by atomic mass is 35.5. The minimum absolute atomic E-state index is 0.569. The molecule has 0 saturated carbocycles.